The van der Waals surface area contributed by atoms with Crippen LogP contribution in [0.4, 0.5) is 4.79 Å². The third kappa shape index (κ3) is 3.85. The second kappa shape index (κ2) is 7.09. The summed E-state index contributed by atoms with van der Waals surface area (Å²) in [6.07, 6.45) is 1.67. The van der Waals surface area contributed by atoms with Crippen molar-refractivity contribution in [3.8, 4) is 0 Å². The standard InChI is InChI=1S/C14H24N2O5/c1-20-11-8-16(9-12(11)21-2)14(19)15-5-3-4-10(7-15)6-13(17)18/h10-12H,3-9H2,1-2H3,(H,17,18). The van der Waals surface area contributed by atoms with Crippen LogP contribution in [0.3, 0.4) is 0 Å². The molecule has 2 heterocycles. The number of likely N-dealkylation sites (tertiary alicyclic amines) is 2. The molecular formula is C14H24N2O5. The summed E-state index contributed by atoms with van der Waals surface area (Å²) < 4.78 is 10.7. The van der Waals surface area contributed by atoms with Crippen molar-refractivity contribution in [3.05, 3.63) is 0 Å². The first-order chi connectivity index (χ1) is 10.0. The summed E-state index contributed by atoms with van der Waals surface area (Å²) in [6.45, 7) is 2.26. The molecule has 21 heavy (non-hydrogen) atoms. The summed E-state index contributed by atoms with van der Waals surface area (Å²) in [5.74, 6) is -0.742. The van der Waals surface area contributed by atoms with Crippen LogP contribution in [-0.2, 0) is 14.3 Å². The molecule has 0 bridgehead atoms. The molecule has 2 rings (SSSR count). The Balaban J connectivity index is 1.92. The number of carbonyl (C=O) groups excluding carboxylic acids is 1. The molecule has 120 valence electrons. The van der Waals surface area contributed by atoms with Crippen molar-refractivity contribution in [3.63, 3.8) is 0 Å². The third-order valence-corrected chi connectivity index (χ3v) is 4.34. The van der Waals surface area contributed by atoms with Crippen molar-refractivity contribution in [2.24, 2.45) is 5.92 Å². The van der Waals surface area contributed by atoms with E-state index >= 15 is 0 Å². The number of piperidine rings is 1. The van der Waals surface area contributed by atoms with Gasteiger partial charge >= 0.3 is 12.0 Å². The molecule has 1 N–H and O–H groups in total. The van der Waals surface area contributed by atoms with Gasteiger partial charge in [0.1, 0.15) is 12.2 Å². The molecule has 0 spiro atoms. The van der Waals surface area contributed by atoms with Crippen molar-refractivity contribution in [2.75, 3.05) is 40.4 Å². The Bertz CT molecular complexity index is 378. The Kier molecular flexibility index (Phi) is 5.41. The smallest absolute Gasteiger partial charge is 0.320 e. The Hall–Kier alpha value is -1.34. The average Bonchev–Trinajstić information content (AvgIpc) is 2.89. The second-order valence-electron chi connectivity index (χ2n) is 5.79. The van der Waals surface area contributed by atoms with Crippen LogP contribution in [0.25, 0.3) is 0 Å². The van der Waals surface area contributed by atoms with Gasteiger partial charge in [-0.3, -0.25) is 4.79 Å². The number of rotatable bonds is 4. The predicted molar refractivity (Wildman–Crippen MR) is 75.1 cm³/mol. The van der Waals surface area contributed by atoms with Gasteiger partial charge in [-0.05, 0) is 18.8 Å². The van der Waals surface area contributed by atoms with Gasteiger partial charge in [0, 0.05) is 33.7 Å². The highest BCUT2D eigenvalue weighted by atomic mass is 16.5. The number of carboxylic acids is 1. The summed E-state index contributed by atoms with van der Waals surface area (Å²) in [4.78, 5) is 26.9. The summed E-state index contributed by atoms with van der Waals surface area (Å²) in [5.41, 5.74) is 0. The molecule has 0 saturated carbocycles. The molecule has 0 aromatic carbocycles. The van der Waals surface area contributed by atoms with E-state index in [4.69, 9.17) is 14.6 Å². The van der Waals surface area contributed by atoms with Crippen LogP contribution < -0.4 is 0 Å². The topological polar surface area (TPSA) is 79.3 Å². The fraction of sp³-hybridized carbons (Fsp3) is 0.857. The first-order valence-electron chi connectivity index (χ1n) is 7.36. The number of urea groups is 1. The number of aliphatic carboxylic acids is 1. The quantitative estimate of drug-likeness (QED) is 0.824. The van der Waals surface area contributed by atoms with Gasteiger partial charge < -0.3 is 24.4 Å². The SMILES string of the molecule is COC1CN(C(=O)N2CCCC(CC(=O)O)C2)CC1OC. The Labute approximate surface area is 124 Å². The lowest BCUT2D eigenvalue weighted by Crippen LogP contribution is -2.47. The number of ether oxygens (including phenoxy) is 2. The van der Waals surface area contributed by atoms with Gasteiger partial charge in [-0.25, -0.2) is 4.79 Å². The molecule has 0 aliphatic carbocycles. The maximum Gasteiger partial charge on any atom is 0.320 e. The van der Waals surface area contributed by atoms with E-state index in [9.17, 15) is 9.59 Å². The van der Waals surface area contributed by atoms with Crippen molar-refractivity contribution in [2.45, 2.75) is 31.5 Å². The molecule has 0 aromatic heterocycles. The lowest BCUT2D eigenvalue weighted by atomic mass is 9.95. The van der Waals surface area contributed by atoms with Crippen molar-refractivity contribution in [1.82, 2.24) is 9.80 Å². The summed E-state index contributed by atoms with van der Waals surface area (Å²) in [5, 5.41) is 8.89. The summed E-state index contributed by atoms with van der Waals surface area (Å²) >= 11 is 0. The van der Waals surface area contributed by atoms with Crippen LogP contribution in [0, 0.1) is 5.92 Å². The third-order valence-electron chi connectivity index (χ3n) is 4.34. The Morgan fingerprint density at radius 1 is 1.10 bits per heavy atom. The second-order valence-corrected chi connectivity index (χ2v) is 5.79. The van der Waals surface area contributed by atoms with Gasteiger partial charge in [0.25, 0.3) is 0 Å². The number of methoxy groups -OCH3 is 2. The zero-order valence-corrected chi connectivity index (χ0v) is 12.7. The van der Waals surface area contributed by atoms with Crippen LogP contribution in [0.15, 0.2) is 0 Å². The number of nitrogens with zero attached hydrogens (tertiary/aromatic N) is 2. The Morgan fingerprint density at radius 2 is 1.71 bits per heavy atom. The number of carboxylic acid groups (broad SMARTS) is 1. The molecule has 3 atom stereocenters. The monoisotopic (exact) mass is 300 g/mol. The molecule has 7 heteroatoms. The lowest BCUT2D eigenvalue weighted by molar-refractivity contribution is -0.138. The molecule has 2 amide bonds. The minimum Gasteiger partial charge on any atom is -0.481 e. The first-order valence-corrected chi connectivity index (χ1v) is 7.36. The van der Waals surface area contributed by atoms with Crippen LogP contribution >= 0.6 is 0 Å². The van der Waals surface area contributed by atoms with Crippen molar-refractivity contribution in [1.29, 1.82) is 0 Å². The van der Waals surface area contributed by atoms with Gasteiger partial charge in [-0.1, -0.05) is 0 Å². The normalized spacial score (nSPS) is 29.7. The summed E-state index contributed by atoms with van der Waals surface area (Å²) in [6, 6.07) is -0.0355. The van der Waals surface area contributed by atoms with Crippen molar-refractivity contribution >= 4 is 12.0 Å². The zero-order chi connectivity index (χ0) is 15.4. The number of hydrogen-bond acceptors (Lipinski definition) is 4. The van der Waals surface area contributed by atoms with E-state index < -0.39 is 5.97 Å². The maximum absolute atomic E-state index is 12.5. The zero-order valence-electron chi connectivity index (χ0n) is 12.7. The molecule has 7 nitrogen and oxygen atoms in total. The highest BCUT2D eigenvalue weighted by molar-refractivity contribution is 5.75. The van der Waals surface area contributed by atoms with E-state index in [1.54, 1.807) is 24.0 Å². The average molecular weight is 300 g/mol. The van der Waals surface area contributed by atoms with Gasteiger partial charge in [-0.2, -0.15) is 0 Å². The van der Waals surface area contributed by atoms with E-state index in [0.717, 1.165) is 12.8 Å². The fourth-order valence-electron chi connectivity index (χ4n) is 3.21. The molecule has 3 unspecified atom stereocenters. The minimum atomic E-state index is -0.797. The van der Waals surface area contributed by atoms with Gasteiger partial charge in [0.15, 0.2) is 0 Å². The van der Waals surface area contributed by atoms with Crippen LogP contribution in [0.2, 0.25) is 0 Å². The van der Waals surface area contributed by atoms with E-state index in [-0.39, 0.29) is 30.6 Å². The van der Waals surface area contributed by atoms with Crippen LogP contribution in [0.1, 0.15) is 19.3 Å². The van der Waals surface area contributed by atoms with Gasteiger partial charge in [0.05, 0.1) is 13.1 Å². The van der Waals surface area contributed by atoms with Crippen LogP contribution in [-0.4, -0.2) is 79.5 Å². The van der Waals surface area contributed by atoms with E-state index in [0.29, 0.717) is 26.2 Å². The minimum absolute atomic E-state index is 0.0355. The number of carbonyl (C=O) groups is 2. The predicted octanol–water partition coefficient (Wildman–Crippen LogP) is 0.639. The van der Waals surface area contributed by atoms with Gasteiger partial charge in [-0.15, -0.1) is 0 Å². The van der Waals surface area contributed by atoms with Crippen molar-refractivity contribution < 1.29 is 24.2 Å². The van der Waals surface area contributed by atoms with E-state index in [1.807, 2.05) is 0 Å². The molecule has 0 radical (unpaired) electrons. The molecule has 2 fully saturated rings. The highest BCUT2D eigenvalue weighted by Crippen LogP contribution is 2.23. The molecule has 2 saturated heterocycles. The maximum atomic E-state index is 12.5. The molecule has 0 aromatic rings. The lowest BCUT2D eigenvalue weighted by Gasteiger charge is -2.34. The highest BCUT2D eigenvalue weighted by Gasteiger charge is 2.38. The molecular weight excluding hydrogens is 276 g/mol. The molecule has 2 aliphatic heterocycles. The van der Waals surface area contributed by atoms with Crippen LogP contribution in [0.5, 0.6) is 0 Å². The number of hydrogen-bond donors (Lipinski definition) is 1. The largest absolute Gasteiger partial charge is 0.481 e. The van der Waals surface area contributed by atoms with E-state index in [2.05, 4.69) is 0 Å². The summed E-state index contributed by atoms with van der Waals surface area (Å²) in [7, 11) is 3.24. The fourth-order valence-corrected chi connectivity index (χ4v) is 3.21. The van der Waals surface area contributed by atoms with Gasteiger partial charge in [0.2, 0.25) is 0 Å². The first kappa shape index (κ1) is 16.0. The Morgan fingerprint density at radius 3 is 2.24 bits per heavy atom. The number of amides is 2. The van der Waals surface area contributed by atoms with E-state index in [1.165, 1.54) is 0 Å². The molecule has 2 aliphatic rings.